The van der Waals surface area contributed by atoms with Gasteiger partial charge in [0.1, 0.15) is 25.4 Å². The minimum Gasteiger partial charge on any atom is -0.461 e. The average molecular weight is 939 g/mol. The molecule has 10 nitrogen and oxygen atoms in total. The zero-order chi connectivity index (χ0) is 44.5. The molecule has 0 saturated carbocycles. The summed E-state index contributed by atoms with van der Waals surface area (Å²) in [6.45, 7) is 15.9. The molecule has 6 rings (SSSR count). The van der Waals surface area contributed by atoms with Crippen LogP contribution in [0.5, 0.6) is 0 Å². The van der Waals surface area contributed by atoms with E-state index in [1.807, 2.05) is 10.8 Å². The molecule has 0 aliphatic rings. The van der Waals surface area contributed by atoms with Crippen LogP contribution in [0.1, 0.15) is 62.7 Å². The van der Waals surface area contributed by atoms with Crippen LogP contribution >= 0.6 is 0 Å². The van der Waals surface area contributed by atoms with Crippen LogP contribution in [-0.2, 0) is 35.8 Å². The number of halogens is 8. The largest absolute Gasteiger partial charge is 0.461 e. The van der Waals surface area contributed by atoms with Crippen LogP contribution in [0.15, 0.2) is 76.7 Å². The monoisotopic (exact) mass is 938 g/mol. The third-order valence-electron chi connectivity index (χ3n) is 8.78. The number of nitrogens with zero attached hydrogens (tertiary/aromatic N) is 4. The second-order valence-electron chi connectivity index (χ2n) is 16.3. The van der Waals surface area contributed by atoms with E-state index in [0.717, 1.165) is 43.4 Å². The van der Waals surface area contributed by atoms with Crippen molar-refractivity contribution in [2.75, 3.05) is 13.2 Å². The number of rotatable bonds is 15. The Labute approximate surface area is 366 Å². The molecule has 0 aliphatic carbocycles. The zero-order valence-corrected chi connectivity index (χ0v) is 36.0. The number of aliphatic hydroxyl groups excluding tert-OH is 1. The Hall–Kier alpha value is -4.64. The van der Waals surface area contributed by atoms with E-state index < -0.39 is 59.1 Å². The summed E-state index contributed by atoms with van der Waals surface area (Å²) in [5, 5.41) is 10.7. The predicted molar refractivity (Wildman–Crippen MR) is 236 cm³/mol. The lowest BCUT2D eigenvalue weighted by Gasteiger charge is -2.18. The van der Waals surface area contributed by atoms with E-state index in [9.17, 15) is 45.0 Å². The first kappa shape index (κ1) is 56.4. The Morgan fingerprint density at radius 2 is 1.27 bits per heavy atom. The van der Waals surface area contributed by atoms with Gasteiger partial charge in [-0.3, -0.25) is 4.79 Å². The molecule has 63 heavy (non-hydrogen) atoms. The molecule has 354 valence electrons. The zero-order valence-electron chi connectivity index (χ0n) is 34.0. The topological polar surface area (TPSA) is 118 Å². The van der Waals surface area contributed by atoms with Crippen molar-refractivity contribution in [2.45, 2.75) is 118 Å². The second-order valence-corrected chi connectivity index (χ2v) is 27.6. The van der Waals surface area contributed by atoms with Gasteiger partial charge in [-0.25, -0.2) is 18.7 Å². The highest BCUT2D eigenvalue weighted by molar-refractivity contribution is 6.76. The van der Waals surface area contributed by atoms with E-state index in [4.69, 9.17) is 18.3 Å². The lowest BCUT2D eigenvalue weighted by molar-refractivity contribution is -0.128. The number of aromatic nitrogens is 4. The number of alkyl halides is 6. The van der Waals surface area contributed by atoms with E-state index in [1.165, 1.54) is 18.3 Å². The molecule has 1 unspecified atom stereocenters. The molecule has 0 aliphatic heterocycles. The maximum atomic E-state index is 14.1. The lowest BCUT2D eigenvalue weighted by Crippen LogP contribution is -2.22. The first-order valence-electron chi connectivity index (χ1n) is 18.7. The van der Waals surface area contributed by atoms with E-state index in [2.05, 4.69) is 49.3 Å². The van der Waals surface area contributed by atoms with Crippen LogP contribution < -0.4 is 0 Å². The maximum absolute atomic E-state index is 14.1. The van der Waals surface area contributed by atoms with Crippen LogP contribution in [0.2, 0.25) is 51.4 Å². The van der Waals surface area contributed by atoms with Crippen molar-refractivity contribution in [3.8, 4) is 0 Å². The molecule has 0 spiro atoms. The first-order chi connectivity index (χ1) is 28.0. The van der Waals surface area contributed by atoms with Gasteiger partial charge < -0.3 is 32.5 Å². The van der Waals surface area contributed by atoms with Crippen LogP contribution in [0, 0.1) is 11.6 Å². The maximum Gasteiger partial charge on any atom is 0.393 e. The van der Waals surface area contributed by atoms with Crippen molar-refractivity contribution >= 4 is 44.4 Å². The molecule has 6 aromatic rings. The van der Waals surface area contributed by atoms with Crippen LogP contribution in [0.3, 0.4) is 0 Å². The number of benzene rings is 2. The fraction of sp³-hybridized carbons (Fsp3) is 0.465. The molecule has 2 aromatic carbocycles. The van der Waals surface area contributed by atoms with Gasteiger partial charge in [0.2, 0.25) is 0 Å². The van der Waals surface area contributed by atoms with Gasteiger partial charge in [0.25, 0.3) is 0 Å². The summed E-state index contributed by atoms with van der Waals surface area (Å²) in [6, 6.07) is 6.60. The Bertz CT molecular complexity index is 2280. The highest BCUT2D eigenvalue weighted by Gasteiger charge is 2.33. The minimum absolute atomic E-state index is 0. The minimum atomic E-state index is -4.51. The van der Waals surface area contributed by atoms with E-state index in [1.54, 1.807) is 23.3 Å². The number of furan rings is 2. The number of hydrogen-bond donors (Lipinski definition) is 1. The summed E-state index contributed by atoms with van der Waals surface area (Å²) in [5.41, 5.74) is -1.06. The van der Waals surface area contributed by atoms with Crippen molar-refractivity contribution in [1.82, 2.24) is 19.1 Å². The van der Waals surface area contributed by atoms with Crippen molar-refractivity contribution < 1.29 is 64.8 Å². The number of aldehydes is 1. The molecule has 0 amide bonds. The standard InChI is InChI=1S/C20H24F4N2O3Si.C11H6F4O2.C9H18N2OSi.3CH4.H2/c1-30(2,3)9-8-28-12-26-7-6-25-19(26)17(27)14-4-5-15(21)18-16(14)13(11-29-18)10-20(22,23)24;12-8-2-1-6(4-16)9-7(3-11(13,14)15)5-17-10(8)9;1-13(2,3)7-6-12-9-11-5-4-10-8-11;;;;/h4-7,11,17,27H,8-10,12H2,1-3H3;1-2,4-5H,3H2;4-5,8H,6-7,9H2,1-3H3;3*1H4;1H. The number of fused-ring (bicyclic) bond motifs is 2. The normalized spacial score (nSPS) is 12.3. The van der Waals surface area contributed by atoms with Crippen LogP contribution in [0.4, 0.5) is 35.1 Å². The molecule has 1 N–H and O–H groups in total. The fourth-order valence-corrected chi connectivity index (χ4v) is 7.22. The summed E-state index contributed by atoms with van der Waals surface area (Å²) in [5.74, 6) is -1.40. The summed E-state index contributed by atoms with van der Waals surface area (Å²) in [6.07, 6.45) is -2.28. The molecule has 0 fully saturated rings. The molecular weight excluding hydrogens is 877 g/mol. The summed E-state index contributed by atoms with van der Waals surface area (Å²) in [4.78, 5) is 18.8. The number of carbonyl (C=O) groups excluding carboxylic acids is 1. The molecule has 4 aromatic heterocycles. The first-order valence-corrected chi connectivity index (χ1v) is 26.1. The quantitative estimate of drug-likeness (QED) is 0.0468. The van der Waals surface area contributed by atoms with Crippen molar-refractivity contribution in [3.63, 3.8) is 0 Å². The number of hydrogen-bond acceptors (Lipinski definition) is 8. The van der Waals surface area contributed by atoms with Gasteiger partial charge in [-0.05, 0) is 35.9 Å². The van der Waals surface area contributed by atoms with Crippen LogP contribution in [-0.4, -0.2) is 72.2 Å². The van der Waals surface area contributed by atoms with Crippen molar-refractivity contribution in [2.24, 2.45) is 0 Å². The van der Waals surface area contributed by atoms with Gasteiger partial charge >= 0.3 is 12.4 Å². The third kappa shape index (κ3) is 17.5. The molecule has 0 bridgehead atoms. The molecule has 1 atom stereocenters. The average Bonchev–Trinajstić information content (AvgIpc) is 3.97. The number of ether oxygens (including phenoxy) is 2. The summed E-state index contributed by atoms with van der Waals surface area (Å²) < 4.78 is 127. The highest BCUT2D eigenvalue weighted by Crippen LogP contribution is 2.36. The van der Waals surface area contributed by atoms with Crippen LogP contribution in [0.25, 0.3) is 21.9 Å². The molecule has 20 heteroatoms. The van der Waals surface area contributed by atoms with Gasteiger partial charge in [0, 0.05) is 83.0 Å². The predicted octanol–water partition coefficient (Wildman–Crippen LogP) is 13.1. The summed E-state index contributed by atoms with van der Waals surface area (Å²) in [7, 11) is -2.19. The Kier molecular flexibility index (Phi) is 21.4. The second kappa shape index (κ2) is 23.9. The lowest BCUT2D eigenvalue weighted by atomic mass is 9.99. The Balaban J connectivity index is 0.000000995. The van der Waals surface area contributed by atoms with Gasteiger partial charge in [-0.1, -0.05) is 67.6 Å². The smallest absolute Gasteiger partial charge is 0.393 e. The molecule has 4 heterocycles. The van der Waals surface area contributed by atoms with Gasteiger partial charge in [0.15, 0.2) is 29.1 Å². The highest BCUT2D eigenvalue weighted by atomic mass is 28.3. The number of aliphatic hydroxyl groups is 1. The summed E-state index contributed by atoms with van der Waals surface area (Å²) >= 11 is 0. The molecule has 0 radical (unpaired) electrons. The van der Waals surface area contributed by atoms with Gasteiger partial charge in [0.05, 0.1) is 31.7 Å². The fourth-order valence-electron chi connectivity index (χ4n) is 5.70. The number of carbonyl (C=O) groups is 1. The van der Waals surface area contributed by atoms with Crippen molar-refractivity contribution in [3.05, 3.63) is 108 Å². The third-order valence-corrected chi connectivity index (χ3v) is 12.2. The molecular formula is C43H62F8N4O6Si2. The SMILES string of the molecule is C.C.C.C[Si](C)(C)CCOCn1ccnc1.C[Si](C)(C)CCOCn1ccnc1C(O)c1ccc(F)c2occ(CC(F)(F)F)c12.O=Cc1ccc(F)c2occ(CC(F)(F)F)c12.[HH]. The Morgan fingerprint density at radius 3 is 1.76 bits per heavy atom. The van der Waals surface area contributed by atoms with Gasteiger partial charge in [-0.15, -0.1) is 0 Å². The van der Waals surface area contributed by atoms with Crippen molar-refractivity contribution in [1.29, 1.82) is 0 Å². The number of imidazole rings is 2. The Morgan fingerprint density at radius 1 is 0.762 bits per heavy atom. The van der Waals surface area contributed by atoms with Gasteiger partial charge in [-0.2, -0.15) is 26.3 Å². The molecule has 0 saturated heterocycles. The van der Waals surface area contributed by atoms with E-state index in [-0.39, 0.29) is 80.5 Å². The van der Waals surface area contributed by atoms with E-state index in [0.29, 0.717) is 19.6 Å². The van der Waals surface area contributed by atoms with E-state index >= 15 is 0 Å².